The third kappa shape index (κ3) is 3.08. The highest BCUT2D eigenvalue weighted by Gasteiger charge is 2.24. The van der Waals surface area contributed by atoms with Gasteiger partial charge in [-0.25, -0.2) is 15.8 Å². The van der Waals surface area contributed by atoms with Crippen LogP contribution >= 0.6 is 0 Å². The minimum atomic E-state index is 0.212. The molecule has 1 aromatic heterocycles. The second-order valence-corrected chi connectivity index (χ2v) is 4.56. The lowest BCUT2D eigenvalue weighted by Gasteiger charge is -2.17. The lowest BCUT2D eigenvalue weighted by molar-refractivity contribution is 0.121. The second-order valence-electron chi connectivity index (χ2n) is 4.56. The van der Waals surface area contributed by atoms with Gasteiger partial charge in [0.15, 0.2) is 0 Å². The van der Waals surface area contributed by atoms with Gasteiger partial charge < -0.3 is 15.5 Å². The molecular formula is C12H21N5O. The van der Waals surface area contributed by atoms with Crippen molar-refractivity contribution >= 4 is 11.6 Å². The number of aromatic nitrogens is 2. The fourth-order valence-electron chi connectivity index (χ4n) is 2.09. The van der Waals surface area contributed by atoms with Gasteiger partial charge in [-0.15, -0.1) is 0 Å². The molecule has 18 heavy (non-hydrogen) atoms. The Balaban J connectivity index is 2.12. The van der Waals surface area contributed by atoms with Gasteiger partial charge in [-0.2, -0.15) is 0 Å². The molecule has 0 amide bonds. The van der Waals surface area contributed by atoms with E-state index >= 15 is 0 Å². The number of ether oxygens (including phenoxy) is 1. The number of aryl methyl sites for hydroxylation is 1. The normalized spacial score (nSPS) is 23.1. The number of hydrogen-bond acceptors (Lipinski definition) is 6. The first kappa shape index (κ1) is 13.0. The molecule has 2 unspecified atom stereocenters. The molecule has 6 heteroatoms. The van der Waals surface area contributed by atoms with Crippen molar-refractivity contribution in [1.82, 2.24) is 9.97 Å². The van der Waals surface area contributed by atoms with E-state index in [2.05, 4.69) is 34.6 Å². The Morgan fingerprint density at radius 1 is 1.44 bits per heavy atom. The summed E-state index contributed by atoms with van der Waals surface area (Å²) in [5, 5.41) is 3.39. The maximum Gasteiger partial charge on any atom is 0.145 e. The molecule has 2 rings (SSSR count). The van der Waals surface area contributed by atoms with Crippen LogP contribution in [0.3, 0.4) is 0 Å². The molecule has 0 radical (unpaired) electrons. The summed E-state index contributed by atoms with van der Waals surface area (Å²) in [7, 11) is 0. The smallest absolute Gasteiger partial charge is 0.145 e. The van der Waals surface area contributed by atoms with Crippen molar-refractivity contribution in [3.05, 3.63) is 11.9 Å². The number of nitrogens with zero attached hydrogens (tertiary/aromatic N) is 2. The lowest BCUT2D eigenvalue weighted by atomic mass is 10.1. The van der Waals surface area contributed by atoms with Crippen LogP contribution in [0.5, 0.6) is 0 Å². The molecule has 0 spiro atoms. The molecule has 2 heterocycles. The van der Waals surface area contributed by atoms with Crippen LogP contribution < -0.4 is 16.6 Å². The molecule has 0 saturated carbocycles. The third-order valence-electron chi connectivity index (χ3n) is 3.10. The zero-order valence-corrected chi connectivity index (χ0v) is 10.9. The van der Waals surface area contributed by atoms with Gasteiger partial charge in [0.1, 0.15) is 17.5 Å². The van der Waals surface area contributed by atoms with Crippen LogP contribution in [-0.4, -0.2) is 28.7 Å². The molecule has 0 aromatic carbocycles. The SMILES string of the molecule is CCCc1nc(NN)cc(NC2CCOC2C)n1. The summed E-state index contributed by atoms with van der Waals surface area (Å²) in [5.74, 6) is 7.68. The highest BCUT2D eigenvalue weighted by molar-refractivity contribution is 5.47. The van der Waals surface area contributed by atoms with Crippen LogP contribution in [0, 0.1) is 0 Å². The standard InChI is InChI=1S/C12H21N5O/c1-3-4-10-15-11(7-12(16-10)17-13)14-9-5-6-18-8(9)2/h7-9H,3-6,13H2,1-2H3,(H2,14,15,16,17). The quantitative estimate of drug-likeness (QED) is 0.540. The van der Waals surface area contributed by atoms with Crippen molar-refractivity contribution in [2.45, 2.75) is 45.3 Å². The van der Waals surface area contributed by atoms with Crippen molar-refractivity contribution in [3.63, 3.8) is 0 Å². The van der Waals surface area contributed by atoms with Crippen molar-refractivity contribution in [2.75, 3.05) is 17.3 Å². The molecule has 2 atom stereocenters. The fraction of sp³-hybridized carbons (Fsp3) is 0.667. The average molecular weight is 251 g/mol. The monoisotopic (exact) mass is 251 g/mol. The molecule has 100 valence electrons. The second kappa shape index (κ2) is 5.97. The molecular weight excluding hydrogens is 230 g/mol. The van der Waals surface area contributed by atoms with Crippen molar-refractivity contribution < 1.29 is 4.74 Å². The summed E-state index contributed by atoms with van der Waals surface area (Å²) in [6.07, 6.45) is 3.07. The maximum absolute atomic E-state index is 5.53. The highest BCUT2D eigenvalue weighted by atomic mass is 16.5. The van der Waals surface area contributed by atoms with E-state index < -0.39 is 0 Å². The van der Waals surface area contributed by atoms with Crippen LogP contribution in [0.15, 0.2) is 6.07 Å². The van der Waals surface area contributed by atoms with Crippen LogP contribution in [0.1, 0.15) is 32.5 Å². The molecule has 1 fully saturated rings. The minimum Gasteiger partial charge on any atom is -0.376 e. The average Bonchev–Trinajstić information content (AvgIpc) is 2.75. The highest BCUT2D eigenvalue weighted by Crippen LogP contribution is 2.19. The van der Waals surface area contributed by atoms with Gasteiger partial charge in [-0.3, -0.25) is 0 Å². The number of rotatable bonds is 5. The van der Waals surface area contributed by atoms with Gasteiger partial charge in [0.2, 0.25) is 0 Å². The van der Waals surface area contributed by atoms with E-state index in [1.54, 1.807) is 0 Å². The van der Waals surface area contributed by atoms with Crippen molar-refractivity contribution in [1.29, 1.82) is 0 Å². The Labute approximate surface area is 107 Å². The molecule has 0 aliphatic carbocycles. The number of anilines is 2. The molecule has 1 saturated heterocycles. The predicted molar refractivity (Wildman–Crippen MR) is 71.3 cm³/mol. The van der Waals surface area contributed by atoms with Gasteiger partial charge in [-0.05, 0) is 19.8 Å². The van der Waals surface area contributed by atoms with Gasteiger partial charge in [-0.1, -0.05) is 6.92 Å². The Morgan fingerprint density at radius 2 is 2.22 bits per heavy atom. The van der Waals surface area contributed by atoms with Crippen LogP contribution in [0.25, 0.3) is 0 Å². The van der Waals surface area contributed by atoms with Gasteiger partial charge >= 0.3 is 0 Å². The first-order valence-corrected chi connectivity index (χ1v) is 6.45. The zero-order chi connectivity index (χ0) is 13.0. The van der Waals surface area contributed by atoms with E-state index in [0.29, 0.717) is 11.9 Å². The third-order valence-corrected chi connectivity index (χ3v) is 3.10. The summed E-state index contributed by atoms with van der Waals surface area (Å²) < 4.78 is 5.53. The number of nitrogens with one attached hydrogen (secondary N) is 2. The van der Waals surface area contributed by atoms with E-state index in [4.69, 9.17) is 10.6 Å². The van der Waals surface area contributed by atoms with E-state index in [1.807, 2.05) is 6.07 Å². The van der Waals surface area contributed by atoms with Gasteiger partial charge in [0.25, 0.3) is 0 Å². The Hall–Kier alpha value is -1.40. The molecule has 6 nitrogen and oxygen atoms in total. The first-order valence-electron chi connectivity index (χ1n) is 6.45. The van der Waals surface area contributed by atoms with E-state index in [-0.39, 0.29) is 6.10 Å². The number of hydrogen-bond donors (Lipinski definition) is 3. The largest absolute Gasteiger partial charge is 0.376 e. The predicted octanol–water partition coefficient (Wildman–Crippen LogP) is 1.30. The van der Waals surface area contributed by atoms with Crippen LogP contribution in [-0.2, 0) is 11.2 Å². The fourth-order valence-corrected chi connectivity index (χ4v) is 2.09. The number of nitrogens with two attached hydrogens (primary N) is 1. The Morgan fingerprint density at radius 3 is 2.83 bits per heavy atom. The topological polar surface area (TPSA) is 85.1 Å². The summed E-state index contributed by atoms with van der Waals surface area (Å²) >= 11 is 0. The Kier molecular flexibility index (Phi) is 4.33. The van der Waals surface area contributed by atoms with Gasteiger partial charge in [0, 0.05) is 19.1 Å². The van der Waals surface area contributed by atoms with E-state index in [9.17, 15) is 0 Å². The molecule has 1 aliphatic heterocycles. The van der Waals surface area contributed by atoms with Gasteiger partial charge in [0.05, 0.1) is 12.1 Å². The lowest BCUT2D eigenvalue weighted by Crippen LogP contribution is -2.27. The van der Waals surface area contributed by atoms with Crippen LogP contribution in [0.2, 0.25) is 0 Å². The van der Waals surface area contributed by atoms with Crippen LogP contribution in [0.4, 0.5) is 11.6 Å². The van der Waals surface area contributed by atoms with Crippen molar-refractivity contribution in [3.8, 4) is 0 Å². The van der Waals surface area contributed by atoms with E-state index in [0.717, 1.165) is 37.5 Å². The summed E-state index contributed by atoms with van der Waals surface area (Å²) in [6.45, 7) is 4.97. The zero-order valence-electron chi connectivity index (χ0n) is 10.9. The number of nitrogen functional groups attached to an aromatic ring is 1. The molecule has 1 aliphatic rings. The maximum atomic E-state index is 5.53. The summed E-state index contributed by atoms with van der Waals surface area (Å²) in [4.78, 5) is 8.81. The first-order chi connectivity index (χ1) is 8.72. The molecule has 1 aromatic rings. The summed E-state index contributed by atoms with van der Waals surface area (Å²) in [6, 6.07) is 2.13. The molecule has 0 bridgehead atoms. The number of hydrazine groups is 1. The van der Waals surface area contributed by atoms with Crippen molar-refractivity contribution in [2.24, 2.45) is 5.84 Å². The molecule has 4 N–H and O–H groups in total. The minimum absolute atomic E-state index is 0.212. The summed E-state index contributed by atoms with van der Waals surface area (Å²) in [5.41, 5.74) is 2.58. The Bertz CT molecular complexity index is 398. The van der Waals surface area contributed by atoms with E-state index in [1.165, 1.54) is 0 Å².